The van der Waals surface area contributed by atoms with E-state index in [9.17, 15) is 0 Å². The third-order valence-electron chi connectivity index (χ3n) is 12.8. The molecule has 0 fully saturated rings. The minimum Gasteiger partial charge on any atom is -0.0616 e. The molecule has 9 aromatic carbocycles. The van der Waals surface area contributed by atoms with Gasteiger partial charge in [-0.05, 0) is 147 Å². The lowest BCUT2D eigenvalue weighted by atomic mass is 9.79. The van der Waals surface area contributed by atoms with E-state index in [-0.39, 0.29) is 10.8 Å². The van der Waals surface area contributed by atoms with E-state index in [1.54, 1.807) is 0 Å². The average Bonchev–Trinajstić information content (AvgIpc) is 3.58. The zero-order valence-electron chi connectivity index (χ0n) is 31.2. The van der Waals surface area contributed by atoms with Gasteiger partial charge in [0.25, 0.3) is 0 Å². The van der Waals surface area contributed by atoms with Crippen LogP contribution >= 0.6 is 0 Å². The van der Waals surface area contributed by atoms with Gasteiger partial charge in [-0.2, -0.15) is 0 Å². The van der Waals surface area contributed by atoms with Crippen molar-refractivity contribution in [3.63, 3.8) is 0 Å². The second-order valence-electron chi connectivity index (χ2n) is 16.6. The molecule has 0 saturated heterocycles. The predicted octanol–water partition coefficient (Wildman–Crippen LogP) is 14.8. The zero-order valence-corrected chi connectivity index (χ0v) is 31.2. The molecule has 0 nitrogen and oxygen atoms in total. The Hall–Kier alpha value is -6.24. The highest BCUT2D eigenvalue weighted by Gasteiger charge is 2.43. The Kier molecular flexibility index (Phi) is 6.46. The van der Waals surface area contributed by atoms with Crippen molar-refractivity contribution in [2.45, 2.75) is 38.5 Å². The lowest BCUT2D eigenvalue weighted by Gasteiger charge is -2.24. The van der Waals surface area contributed by atoms with Crippen LogP contribution in [0.2, 0.25) is 0 Å². The van der Waals surface area contributed by atoms with Crippen LogP contribution in [0.15, 0.2) is 170 Å². The van der Waals surface area contributed by atoms with Crippen molar-refractivity contribution in [1.82, 2.24) is 0 Å². The minimum atomic E-state index is -0.112. The summed E-state index contributed by atoms with van der Waals surface area (Å²) in [6.45, 7) is 9.63. The highest BCUT2D eigenvalue weighted by molar-refractivity contribution is 6.00. The molecule has 0 aliphatic heterocycles. The molecule has 0 aromatic heterocycles. The molecule has 0 bridgehead atoms. The summed E-state index contributed by atoms with van der Waals surface area (Å²) in [4.78, 5) is 0. The first kappa shape index (κ1) is 31.3. The van der Waals surface area contributed by atoms with Gasteiger partial charge in [0.15, 0.2) is 0 Å². The van der Waals surface area contributed by atoms with Crippen LogP contribution in [0, 0.1) is 0 Å². The third-order valence-corrected chi connectivity index (χ3v) is 12.8. The number of rotatable bonds is 3. The number of hydrogen-bond donors (Lipinski definition) is 0. The Balaban J connectivity index is 0.979. The second kappa shape index (κ2) is 11.1. The fraction of sp³-hybridized carbons (Fsp3) is 0.111. The van der Waals surface area contributed by atoms with Crippen LogP contribution in [-0.4, -0.2) is 0 Å². The van der Waals surface area contributed by atoms with Crippen LogP contribution < -0.4 is 0 Å². The number of fused-ring (bicyclic) bond motifs is 10. The quantitative estimate of drug-likeness (QED) is 0.173. The van der Waals surface area contributed by atoms with E-state index >= 15 is 0 Å². The molecule has 0 amide bonds. The maximum absolute atomic E-state index is 2.47. The normalized spacial score (nSPS) is 14.6. The number of benzene rings is 9. The first-order valence-electron chi connectivity index (χ1n) is 19.2. The van der Waals surface area contributed by atoms with E-state index in [2.05, 4.69) is 198 Å². The van der Waals surface area contributed by atoms with Gasteiger partial charge < -0.3 is 0 Å². The molecule has 54 heavy (non-hydrogen) atoms. The van der Waals surface area contributed by atoms with Crippen molar-refractivity contribution in [2.24, 2.45) is 0 Å². The van der Waals surface area contributed by atoms with Gasteiger partial charge in [0.1, 0.15) is 0 Å². The van der Waals surface area contributed by atoms with Crippen LogP contribution in [0.25, 0.3) is 88.0 Å². The molecule has 2 aliphatic rings. The van der Waals surface area contributed by atoms with Crippen LogP contribution in [0.4, 0.5) is 0 Å². The van der Waals surface area contributed by atoms with Crippen molar-refractivity contribution in [1.29, 1.82) is 0 Å². The summed E-state index contributed by atoms with van der Waals surface area (Å²) in [6.07, 6.45) is 0. The number of hydrogen-bond acceptors (Lipinski definition) is 0. The molecule has 0 N–H and O–H groups in total. The standard InChI is InChI=1S/C54H40/c1-53(2)47-25-26-48-52(51(47)45-23-21-43(31-49(45)53)41-16-14-34-10-6-8-12-36(34)28-41)46-24-22-44(32-50(46)54(48,3)4)42-20-19-39-29-38(17-18-40(39)30-42)37-15-13-33-9-5-7-11-35(33)27-37/h5-32H,1-4H3. The summed E-state index contributed by atoms with van der Waals surface area (Å²) in [5.74, 6) is 0. The Morgan fingerprint density at radius 3 is 0.944 bits per heavy atom. The van der Waals surface area contributed by atoms with Crippen molar-refractivity contribution in [3.05, 3.63) is 192 Å². The molecular formula is C54H40. The highest BCUT2D eigenvalue weighted by Crippen LogP contribution is 2.59. The van der Waals surface area contributed by atoms with Gasteiger partial charge in [-0.1, -0.05) is 161 Å². The van der Waals surface area contributed by atoms with Crippen LogP contribution in [0.1, 0.15) is 49.9 Å². The van der Waals surface area contributed by atoms with Gasteiger partial charge in [0.05, 0.1) is 0 Å². The molecule has 11 rings (SSSR count). The van der Waals surface area contributed by atoms with E-state index in [4.69, 9.17) is 0 Å². The molecule has 2 aliphatic carbocycles. The summed E-state index contributed by atoms with van der Waals surface area (Å²) in [5.41, 5.74) is 18.6. The van der Waals surface area contributed by atoms with Gasteiger partial charge in [0.2, 0.25) is 0 Å². The maximum Gasteiger partial charge on any atom is 0.0159 e. The Labute approximate surface area is 317 Å². The third kappa shape index (κ3) is 4.50. The summed E-state index contributed by atoms with van der Waals surface area (Å²) in [7, 11) is 0. The summed E-state index contributed by atoms with van der Waals surface area (Å²) in [5, 5.41) is 7.64. The fourth-order valence-electron chi connectivity index (χ4n) is 9.75. The van der Waals surface area contributed by atoms with Gasteiger partial charge in [-0.15, -0.1) is 0 Å². The van der Waals surface area contributed by atoms with Gasteiger partial charge in [0, 0.05) is 10.8 Å². The molecule has 0 radical (unpaired) electrons. The molecule has 256 valence electrons. The first-order valence-corrected chi connectivity index (χ1v) is 19.2. The van der Waals surface area contributed by atoms with Gasteiger partial charge >= 0.3 is 0 Å². The Morgan fingerprint density at radius 2 is 0.556 bits per heavy atom. The van der Waals surface area contributed by atoms with Crippen LogP contribution in [0.3, 0.4) is 0 Å². The van der Waals surface area contributed by atoms with E-state index in [0.717, 1.165) is 0 Å². The predicted molar refractivity (Wildman–Crippen MR) is 230 cm³/mol. The van der Waals surface area contributed by atoms with E-state index < -0.39 is 0 Å². The topological polar surface area (TPSA) is 0 Å². The second-order valence-corrected chi connectivity index (χ2v) is 16.6. The lowest BCUT2D eigenvalue weighted by Crippen LogP contribution is -2.17. The summed E-state index contributed by atoms with van der Waals surface area (Å²) < 4.78 is 0. The monoisotopic (exact) mass is 688 g/mol. The molecule has 0 heteroatoms. The SMILES string of the molecule is CC1(C)c2cc(-c3ccc4ccccc4c3)ccc2-c2c1ccc1c2-c2ccc(-c3ccc4cc(-c5ccc6ccccc6c5)ccc4c3)cc2C1(C)C. The van der Waals surface area contributed by atoms with E-state index in [1.165, 1.54) is 110 Å². The largest absolute Gasteiger partial charge is 0.0616 e. The van der Waals surface area contributed by atoms with E-state index in [1.807, 2.05) is 0 Å². The maximum atomic E-state index is 2.47. The van der Waals surface area contributed by atoms with Crippen molar-refractivity contribution < 1.29 is 0 Å². The highest BCUT2D eigenvalue weighted by atomic mass is 14.5. The fourth-order valence-corrected chi connectivity index (χ4v) is 9.75. The van der Waals surface area contributed by atoms with Gasteiger partial charge in [-0.25, -0.2) is 0 Å². The molecule has 0 unspecified atom stereocenters. The summed E-state index contributed by atoms with van der Waals surface area (Å²) in [6, 6.07) is 63.9. The molecule has 0 heterocycles. The smallest absolute Gasteiger partial charge is 0.0159 e. The first-order chi connectivity index (χ1) is 26.2. The summed E-state index contributed by atoms with van der Waals surface area (Å²) >= 11 is 0. The van der Waals surface area contributed by atoms with Gasteiger partial charge in [-0.3, -0.25) is 0 Å². The van der Waals surface area contributed by atoms with E-state index in [0.29, 0.717) is 0 Å². The van der Waals surface area contributed by atoms with Crippen molar-refractivity contribution in [3.8, 4) is 55.6 Å². The Bertz CT molecular complexity index is 3040. The zero-order chi connectivity index (χ0) is 36.3. The Morgan fingerprint density at radius 1 is 0.259 bits per heavy atom. The minimum absolute atomic E-state index is 0.0986. The van der Waals surface area contributed by atoms with Crippen LogP contribution in [-0.2, 0) is 10.8 Å². The van der Waals surface area contributed by atoms with Crippen molar-refractivity contribution >= 4 is 32.3 Å². The average molecular weight is 689 g/mol. The molecule has 0 atom stereocenters. The molecular weight excluding hydrogens is 649 g/mol. The molecule has 0 saturated carbocycles. The molecule has 9 aromatic rings. The van der Waals surface area contributed by atoms with Crippen molar-refractivity contribution in [2.75, 3.05) is 0 Å². The molecule has 0 spiro atoms. The van der Waals surface area contributed by atoms with Crippen LogP contribution in [0.5, 0.6) is 0 Å². The lowest BCUT2D eigenvalue weighted by molar-refractivity contribution is 0.651.